The molecule has 1 rings (SSSR count). The number of hydrogen-bond acceptors (Lipinski definition) is 9. The Morgan fingerprint density at radius 2 is 1.23 bits per heavy atom. The molecule has 0 fully saturated rings. The molecule has 0 amide bonds. The van der Waals surface area contributed by atoms with Crippen molar-refractivity contribution in [3.8, 4) is 0 Å². The summed E-state index contributed by atoms with van der Waals surface area (Å²) in [5, 5.41) is 10.1. The van der Waals surface area contributed by atoms with E-state index in [1.54, 1.807) is 6.08 Å². The van der Waals surface area contributed by atoms with Crippen molar-refractivity contribution in [2.75, 3.05) is 47.5 Å². The summed E-state index contributed by atoms with van der Waals surface area (Å²) >= 11 is 0. The van der Waals surface area contributed by atoms with Crippen LogP contribution in [0.1, 0.15) is 184 Å². The SMILES string of the molecule is CCCCC/C=C\C=C/[C@H](O)C/C=C\C/C=C/CCCC(=O)O[C@H](COC(=O)CCCCCCCCCCCCc1oc(CCCCC)c(C)c1C)COP(=O)(O)OCC[N+](C)(C)C. The molecule has 0 spiro atoms. The van der Waals surface area contributed by atoms with E-state index in [1.807, 2.05) is 57.6 Å². The van der Waals surface area contributed by atoms with Crippen LogP contribution in [0, 0.1) is 13.8 Å². The Morgan fingerprint density at radius 1 is 0.672 bits per heavy atom. The first-order valence-corrected chi connectivity index (χ1v) is 26.3. The van der Waals surface area contributed by atoms with Gasteiger partial charge in [0.15, 0.2) is 6.10 Å². The van der Waals surface area contributed by atoms with Gasteiger partial charge in [-0.05, 0) is 82.8 Å². The van der Waals surface area contributed by atoms with E-state index in [0.29, 0.717) is 36.7 Å². The number of aryl methyl sites for hydroxylation is 2. The van der Waals surface area contributed by atoms with Gasteiger partial charge in [-0.25, -0.2) is 4.57 Å². The van der Waals surface area contributed by atoms with Gasteiger partial charge in [0, 0.05) is 25.7 Å². The van der Waals surface area contributed by atoms with Gasteiger partial charge >= 0.3 is 19.8 Å². The molecule has 0 saturated heterocycles. The summed E-state index contributed by atoms with van der Waals surface area (Å²) in [4.78, 5) is 35.6. The van der Waals surface area contributed by atoms with Crippen LogP contribution < -0.4 is 0 Å². The first-order chi connectivity index (χ1) is 30.7. The maximum Gasteiger partial charge on any atom is 0.472 e. The minimum Gasteiger partial charge on any atom is -0.466 e. The molecule has 1 unspecified atom stereocenters. The third-order valence-corrected chi connectivity index (χ3v) is 12.1. The number of likely N-dealkylation sites (N-methyl/N-ethyl adjacent to an activating group) is 1. The predicted octanol–water partition coefficient (Wildman–Crippen LogP) is 12.9. The summed E-state index contributed by atoms with van der Waals surface area (Å²) in [6.07, 6.45) is 38.6. The second-order valence-electron chi connectivity index (χ2n) is 18.3. The number of allylic oxidation sites excluding steroid dienone is 6. The average molecular weight is 921 g/mol. The predicted molar refractivity (Wildman–Crippen MR) is 261 cm³/mol. The van der Waals surface area contributed by atoms with E-state index in [1.165, 1.54) is 99.7 Å². The number of aliphatic hydroxyl groups excluding tert-OH is 1. The molecule has 2 N–H and O–H groups in total. The Labute approximate surface area is 389 Å². The number of esters is 2. The van der Waals surface area contributed by atoms with Gasteiger partial charge in [0.05, 0.1) is 33.9 Å². The van der Waals surface area contributed by atoms with Gasteiger partial charge < -0.3 is 28.4 Å². The molecule has 11 nitrogen and oxygen atoms in total. The number of carbonyl (C=O) groups is 2. The number of phosphoric acid groups is 1. The van der Waals surface area contributed by atoms with Crippen LogP contribution in [0.15, 0.2) is 53.0 Å². The van der Waals surface area contributed by atoms with Crippen LogP contribution in [0.3, 0.4) is 0 Å². The lowest BCUT2D eigenvalue weighted by atomic mass is 10.0. The van der Waals surface area contributed by atoms with Gasteiger partial charge in [0.2, 0.25) is 0 Å². The first-order valence-electron chi connectivity index (χ1n) is 24.8. The zero-order chi connectivity index (χ0) is 47.3. The van der Waals surface area contributed by atoms with Gasteiger partial charge in [-0.15, -0.1) is 0 Å². The average Bonchev–Trinajstić information content (AvgIpc) is 3.51. The number of rotatable bonds is 41. The van der Waals surface area contributed by atoms with E-state index < -0.39 is 38.6 Å². The zero-order valence-corrected chi connectivity index (χ0v) is 42.2. The van der Waals surface area contributed by atoms with Crippen molar-refractivity contribution in [3.05, 3.63) is 71.3 Å². The number of aliphatic hydroxyl groups is 1. The molecule has 64 heavy (non-hydrogen) atoms. The van der Waals surface area contributed by atoms with Crippen LogP contribution in [-0.4, -0.2) is 86.1 Å². The molecule has 12 heteroatoms. The highest BCUT2D eigenvalue weighted by Gasteiger charge is 2.27. The fourth-order valence-corrected chi connectivity index (χ4v) is 7.65. The van der Waals surface area contributed by atoms with Crippen LogP contribution in [-0.2, 0) is 45.5 Å². The van der Waals surface area contributed by atoms with E-state index in [4.69, 9.17) is 22.9 Å². The lowest BCUT2D eigenvalue weighted by Gasteiger charge is -2.24. The number of nitrogens with zero attached hydrogens (tertiary/aromatic N) is 1. The van der Waals surface area contributed by atoms with Gasteiger partial charge in [-0.3, -0.25) is 18.6 Å². The second-order valence-corrected chi connectivity index (χ2v) is 19.7. The molecule has 3 atom stereocenters. The van der Waals surface area contributed by atoms with Crippen molar-refractivity contribution in [2.45, 2.75) is 200 Å². The van der Waals surface area contributed by atoms with Crippen LogP contribution in [0.4, 0.5) is 0 Å². The lowest BCUT2D eigenvalue weighted by Crippen LogP contribution is -2.37. The molecule has 0 aliphatic rings. The monoisotopic (exact) mass is 921 g/mol. The minimum absolute atomic E-state index is 0.00308. The van der Waals surface area contributed by atoms with Crippen molar-refractivity contribution in [2.24, 2.45) is 0 Å². The van der Waals surface area contributed by atoms with Crippen LogP contribution in [0.2, 0.25) is 0 Å². The lowest BCUT2D eigenvalue weighted by molar-refractivity contribution is -0.870. The molecule has 0 aliphatic heterocycles. The molecule has 0 bridgehead atoms. The Bertz CT molecular complexity index is 1520. The number of carbonyl (C=O) groups excluding carboxylic acids is 2. The minimum atomic E-state index is -4.42. The van der Waals surface area contributed by atoms with Gasteiger partial charge in [0.1, 0.15) is 31.3 Å². The summed E-state index contributed by atoms with van der Waals surface area (Å²) in [6, 6.07) is 0. The Hall–Kier alpha value is -2.79. The zero-order valence-electron chi connectivity index (χ0n) is 41.3. The Balaban J connectivity index is 2.36. The van der Waals surface area contributed by atoms with Crippen LogP contribution in [0.25, 0.3) is 0 Å². The first kappa shape index (κ1) is 59.2. The molecular weight excluding hydrogens is 830 g/mol. The maximum absolute atomic E-state index is 12.7. The molecule has 0 saturated carbocycles. The normalized spacial score (nSPS) is 14.3. The van der Waals surface area contributed by atoms with Crippen molar-refractivity contribution in [3.63, 3.8) is 0 Å². The second kappa shape index (κ2) is 37.3. The smallest absolute Gasteiger partial charge is 0.466 e. The summed E-state index contributed by atoms with van der Waals surface area (Å²) in [7, 11) is 1.38. The van der Waals surface area contributed by atoms with Crippen molar-refractivity contribution >= 4 is 19.8 Å². The number of unbranched alkanes of at least 4 members (excludes halogenated alkanes) is 15. The van der Waals surface area contributed by atoms with Crippen LogP contribution >= 0.6 is 7.82 Å². The molecule has 0 aliphatic carbocycles. The summed E-state index contributed by atoms with van der Waals surface area (Å²) in [5.41, 5.74) is 2.69. The van der Waals surface area contributed by atoms with Crippen molar-refractivity contribution < 1.29 is 51.6 Å². The largest absolute Gasteiger partial charge is 0.472 e. The topological polar surface area (TPSA) is 142 Å². The quantitative estimate of drug-likeness (QED) is 0.0163. The van der Waals surface area contributed by atoms with E-state index >= 15 is 0 Å². The highest BCUT2D eigenvalue weighted by atomic mass is 31.2. The number of furan rings is 1. The highest BCUT2D eigenvalue weighted by molar-refractivity contribution is 7.47. The highest BCUT2D eigenvalue weighted by Crippen LogP contribution is 2.43. The third kappa shape index (κ3) is 33.7. The Morgan fingerprint density at radius 3 is 1.88 bits per heavy atom. The van der Waals surface area contributed by atoms with Gasteiger partial charge in [0.25, 0.3) is 0 Å². The molecule has 0 aromatic carbocycles. The fraction of sp³-hybridized carbons (Fsp3) is 0.731. The van der Waals surface area contributed by atoms with E-state index in [0.717, 1.165) is 44.9 Å². The van der Waals surface area contributed by atoms with E-state index in [9.17, 15) is 24.2 Å². The molecular formula is C52H91NO10P+. The Kier molecular flexibility index (Phi) is 34.5. The van der Waals surface area contributed by atoms with Crippen molar-refractivity contribution in [1.29, 1.82) is 0 Å². The number of quaternary nitrogens is 1. The van der Waals surface area contributed by atoms with Gasteiger partial charge in [-0.1, -0.05) is 140 Å². The fourth-order valence-electron chi connectivity index (χ4n) is 6.91. The molecule has 1 aromatic rings. The maximum atomic E-state index is 12.7. The molecule has 1 aromatic heterocycles. The summed E-state index contributed by atoms with van der Waals surface area (Å²) in [6.45, 7) is 8.58. The number of ether oxygens (including phenoxy) is 2. The van der Waals surface area contributed by atoms with E-state index in [-0.39, 0.29) is 26.1 Å². The van der Waals surface area contributed by atoms with E-state index in [2.05, 4.69) is 33.8 Å². The van der Waals surface area contributed by atoms with Crippen LogP contribution in [0.5, 0.6) is 0 Å². The standard InChI is InChI=1S/C52H90NO10P/c1-8-10-12-13-19-24-30-35-47(54)36-31-25-20-18-23-28-34-40-52(56)62-48(44-61-64(57,58)60-42-41-53(5,6)7)43-59-51(55)39-33-27-22-17-15-14-16-21-26-32-38-50-46(4)45(3)49(63-50)37-29-11-9-2/h18-19,23-25,30-31,35,47-48,54H,8-17,20-22,26-29,32-34,36-44H2,1-7H3/p+1/b23-18+,24-19-,31-25-,35-30-/t47-,48+/m0/s1. The van der Waals surface area contributed by atoms with Crippen molar-refractivity contribution in [1.82, 2.24) is 0 Å². The summed E-state index contributed by atoms with van der Waals surface area (Å²) in [5.74, 6) is 1.45. The molecule has 0 radical (unpaired) electrons. The number of phosphoric ester groups is 1. The summed E-state index contributed by atoms with van der Waals surface area (Å²) < 4.78 is 40.6. The number of hydrogen-bond donors (Lipinski definition) is 2. The molecule has 1 heterocycles. The van der Waals surface area contributed by atoms with Gasteiger partial charge in [-0.2, -0.15) is 0 Å². The molecule has 368 valence electrons. The third-order valence-electron chi connectivity index (χ3n) is 11.1.